The molecule has 1 aromatic rings. The van der Waals surface area contributed by atoms with E-state index in [1.165, 1.54) is 6.92 Å². The number of hydrogen-bond donors (Lipinski definition) is 1. The highest BCUT2D eigenvalue weighted by Crippen LogP contribution is 2.18. The SMILES string of the molecule is CC(=O)NC(CC(F)N1CCCCC1)C(=O)c1ccccc1. The van der Waals surface area contributed by atoms with Gasteiger partial charge in [0, 0.05) is 32.0 Å². The van der Waals surface area contributed by atoms with Crippen LogP contribution in [0.25, 0.3) is 0 Å². The third-order valence-corrected chi connectivity index (χ3v) is 3.97. The van der Waals surface area contributed by atoms with Gasteiger partial charge in [-0.15, -0.1) is 0 Å². The van der Waals surface area contributed by atoms with Crippen LogP contribution in [0.15, 0.2) is 30.3 Å². The predicted octanol–water partition coefficient (Wildman–Crippen LogP) is 2.55. The summed E-state index contributed by atoms with van der Waals surface area (Å²) in [5, 5.41) is 2.59. The molecule has 0 spiro atoms. The maximum absolute atomic E-state index is 14.5. The van der Waals surface area contributed by atoms with Gasteiger partial charge in [-0.05, 0) is 12.8 Å². The van der Waals surface area contributed by atoms with E-state index in [0.29, 0.717) is 18.7 Å². The normalized spacial score (nSPS) is 18.5. The first-order chi connectivity index (χ1) is 10.6. The van der Waals surface area contributed by atoms with Crippen LogP contribution in [-0.2, 0) is 4.79 Å². The van der Waals surface area contributed by atoms with Gasteiger partial charge in [-0.1, -0.05) is 36.8 Å². The molecule has 1 fully saturated rings. The number of carbonyl (C=O) groups is 2. The molecule has 1 amide bonds. The fraction of sp³-hybridized carbons (Fsp3) is 0.529. The molecule has 0 aliphatic carbocycles. The molecule has 2 unspecified atom stereocenters. The summed E-state index contributed by atoms with van der Waals surface area (Å²) in [6, 6.07) is 7.88. The van der Waals surface area contributed by atoms with Gasteiger partial charge < -0.3 is 5.32 Å². The van der Waals surface area contributed by atoms with E-state index in [9.17, 15) is 14.0 Å². The van der Waals surface area contributed by atoms with E-state index < -0.39 is 12.3 Å². The molecule has 1 aliphatic heterocycles. The fourth-order valence-corrected chi connectivity index (χ4v) is 2.82. The monoisotopic (exact) mass is 306 g/mol. The number of nitrogens with zero attached hydrogens (tertiary/aromatic N) is 1. The van der Waals surface area contributed by atoms with E-state index in [4.69, 9.17) is 0 Å². The Balaban J connectivity index is 2.05. The molecule has 1 aliphatic rings. The minimum Gasteiger partial charge on any atom is -0.346 e. The molecule has 0 aromatic heterocycles. The van der Waals surface area contributed by atoms with E-state index >= 15 is 0 Å². The summed E-state index contributed by atoms with van der Waals surface area (Å²) in [5.74, 6) is -0.560. The standard InChI is InChI=1S/C17H23FN2O2/c1-13(21)19-15(17(22)14-8-4-2-5-9-14)12-16(18)20-10-6-3-7-11-20/h2,4-5,8-9,15-16H,3,6-7,10-12H2,1H3,(H,19,21). The van der Waals surface area contributed by atoms with Gasteiger partial charge in [-0.25, -0.2) is 4.39 Å². The number of benzene rings is 1. The van der Waals surface area contributed by atoms with Gasteiger partial charge in [-0.2, -0.15) is 0 Å². The number of ketones is 1. The smallest absolute Gasteiger partial charge is 0.217 e. The summed E-state index contributed by atoms with van der Waals surface area (Å²) in [7, 11) is 0. The average molecular weight is 306 g/mol. The second kappa shape index (κ2) is 8.03. The van der Waals surface area contributed by atoms with Gasteiger partial charge in [0.2, 0.25) is 5.91 Å². The zero-order chi connectivity index (χ0) is 15.9. The molecule has 2 atom stereocenters. The van der Waals surface area contributed by atoms with Gasteiger partial charge in [-0.3, -0.25) is 14.5 Å². The average Bonchev–Trinajstić information content (AvgIpc) is 2.54. The Labute approximate surface area is 130 Å². The van der Waals surface area contributed by atoms with Crippen LogP contribution in [0.2, 0.25) is 0 Å². The Kier molecular flexibility index (Phi) is 6.07. The topological polar surface area (TPSA) is 49.4 Å². The van der Waals surface area contributed by atoms with Crippen molar-refractivity contribution in [1.29, 1.82) is 0 Å². The van der Waals surface area contributed by atoms with Gasteiger partial charge in [0.15, 0.2) is 12.1 Å². The summed E-state index contributed by atoms with van der Waals surface area (Å²) in [6.07, 6.45) is 1.88. The lowest BCUT2D eigenvalue weighted by atomic mass is 10.00. The van der Waals surface area contributed by atoms with E-state index in [0.717, 1.165) is 19.3 Å². The molecular weight excluding hydrogens is 283 g/mol. The Hall–Kier alpha value is -1.75. The number of rotatable bonds is 6. The highest BCUT2D eigenvalue weighted by atomic mass is 19.1. The van der Waals surface area contributed by atoms with Gasteiger partial charge in [0.05, 0.1) is 6.04 Å². The van der Waals surface area contributed by atoms with Crippen molar-refractivity contribution < 1.29 is 14.0 Å². The predicted molar refractivity (Wildman–Crippen MR) is 83.3 cm³/mol. The van der Waals surface area contributed by atoms with Crippen molar-refractivity contribution >= 4 is 11.7 Å². The molecule has 1 heterocycles. The summed E-state index contributed by atoms with van der Waals surface area (Å²) in [4.78, 5) is 25.6. The van der Waals surface area contributed by atoms with E-state index in [2.05, 4.69) is 5.32 Å². The van der Waals surface area contributed by atoms with Crippen LogP contribution in [0, 0.1) is 0 Å². The number of nitrogens with one attached hydrogen (secondary N) is 1. The molecule has 1 saturated heterocycles. The molecule has 5 heteroatoms. The second-order valence-electron chi connectivity index (χ2n) is 5.75. The Morgan fingerprint density at radius 1 is 1.18 bits per heavy atom. The van der Waals surface area contributed by atoms with Gasteiger partial charge in [0.1, 0.15) is 0 Å². The molecule has 22 heavy (non-hydrogen) atoms. The van der Waals surface area contributed by atoms with Crippen LogP contribution in [0.3, 0.4) is 0 Å². The van der Waals surface area contributed by atoms with Crippen molar-refractivity contribution in [1.82, 2.24) is 10.2 Å². The number of piperidine rings is 1. The number of Topliss-reactive ketones (excluding diaryl/α,β-unsaturated/α-hetero) is 1. The number of amides is 1. The van der Waals surface area contributed by atoms with Gasteiger partial charge >= 0.3 is 0 Å². The summed E-state index contributed by atoms with van der Waals surface area (Å²) < 4.78 is 14.5. The first-order valence-corrected chi connectivity index (χ1v) is 7.82. The largest absolute Gasteiger partial charge is 0.346 e. The molecule has 0 bridgehead atoms. The number of halogens is 1. The first-order valence-electron chi connectivity index (χ1n) is 7.82. The van der Waals surface area contributed by atoms with Crippen molar-refractivity contribution in [2.45, 2.75) is 44.9 Å². The van der Waals surface area contributed by atoms with Crippen LogP contribution in [-0.4, -0.2) is 42.0 Å². The third-order valence-electron chi connectivity index (χ3n) is 3.97. The zero-order valence-corrected chi connectivity index (χ0v) is 12.9. The van der Waals surface area contributed by atoms with Crippen molar-refractivity contribution in [3.05, 3.63) is 35.9 Å². The maximum Gasteiger partial charge on any atom is 0.217 e. The first kappa shape index (κ1) is 16.6. The van der Waals surface area contributed by atoms with E-state index in [1.54, 1.807) is 29.2 Å². The number of alkyl halides is 1. The molecule has 0 radical (unpaired) electrons. The molecular formula is C17H23FN2O2. The highest BCUT2D eigenvalue weighted by Gasteiger charge is 2.28. The second-order valence-corrected chi connectivity index (χ2v) is 5.75. The van der Waals surface area contributed by atoms with Crippen LogP contribution in [0.5, 0.6) is 0 Å². The summed E-state index contributed by atoms with van der Waals surface area (Å²) in [5.41, 5.74) is 0.493. The van der Waals surface area contributed by atoms with E-state index in [1.807, 2.05) is 6.07 Å². The molecule has 1 aromatic carbocycles. The highest BCUT2D eigenvalue weighted by molar-refractivity contribution is 6.01. The molecule has 120 valence electrons. The third kappa shape index (κ3) is 4.63. The lowest BCUT2D eigenvalue weighted by molar-refractivity contribution is -0.119. The van der Waals surface area contributed by atoms with Crippen molar-refractivity contribution in [2.24, 2.45) is 0 Å². The Bertz CT molecular complexity index is 501. The number of carbonyl (C=O) groups excluding carboxylic acids is 2. The maximum atomic E-state index is 14.5. The number of hydrogen-bond acceptors (Lipinski definition) is 3. The van der Waals surface area contributed by atoms with Gasteiger partial charge in [0.25, 0.3) is 0 Å². The Morgan fingerprint density at radius 2 is 1.82 bits per heavy atom. The quantitative estimate of drug-likeness (QED) is 0.649. The van der Waals surface area contributed by atoms with Crippen molar-refractivity contribution in [2.75, 3.05) is 13.1 Å². The van der Waals surface area contributed by atoms with Crippen molar-refractivity contribution in [3.63, 3.8) is 0 Å². The lowest BCUT2D eigenvalue weighted by Crippen LogP contribution is -2.46. The van der Waals surface area contributed by atoms with Crippen molar-refractivity contribution in [3.8, 4) is 0 Å². The van der Waals surface area contributed by atoms with Crippen LogP contribution < -0.4 is 5.32 Å². The fourth-order valence-electron chi connectivity index (χ4n) is 2.82. The van der Waals surface area contributed by atoms with Crippen LogP contribution >= 0.6 is 0 Å². The summed E-state index contributed by atoms with van der Waals surface area (Å²) in [6.45, 7) is 2.78. The molecule has 4 nitrogen and oxygen atoms in total. The van der Waals surface area contributed by atoms with E-state index in [-0.39, 0.29) is 18.1 Å². The zero-order valence-electron chi connectivity index (χ0n) is 12.9. The minimum absolute atomic E-state index is 0.00664. The molecule has 2 rings (SSSR count). The lowest BCUT2D eigenvalue weighted by Gasteiger charge is -2.31. The number of likely N-dealkylation sites (tertiary alicyclic amines) is 1. The van der Waals surface area contributed by atoms with Crippen LogP contribution in [0.1, 0.15) is 43.0 Å². The minimum atomic E-state index is -1.20. The Morgan fingerprint density at radius 3 is 2.41 bits per heavy atom. The summed E-state index contributed by atoms with van der Waals surface area (Å²) >= 11 is 0. The molecule has 1 N–H and O–H groups in total. The van der Waals surface area contributed by atoms with Crippen LogP contribution in [0.4, 0.5) is 4.39 Å². The molecule has 0 saturated carbocycles.